The van der Waals surface area contributed by atoms with Crippen LogP contribution in [0.1, 0.15) is 16.7 Å². The van der Waals surface area contributed by atoms with Gasteiger partial charge in [0.2, 0.25) is 0 Å². The monoisotopic (exact) mass is 372 g/mol. The zero-order chi connectivity index (χ0) is 19.2. The predicted octanol–water partition coefficient (Wildman–Crippen LogP) is 0.848. The second kappa shape index (κ2) is 8.68. The van der Waals surface area contributed by atoms with E-state index in [-0.39, 0.29) is 12.0 Å². The Morgan fingerprint density at radius 2 is 2.11 bits per heavy atom. The Labute approximate surface area is 157 Å². The Bertz CT molecular complexity index is 859. The van der Waals surface area contributed by atoms with Crippen LogP contribution in [0.5, 0.6) is 0 Å². The number of nitrogens with zero attached hydrogens (tertiary/aromatic N) is 3. The maximum absolute atomic E-state index is 12.7. The first-order valence-corrected chi connectivity index (χ1v) is 8.88. The summed E-state index contributed by atoms with van der Waals surface area (Å²) in [4.78, 5) is 31.0. The van der Waals surface area contributed by atoms with Crippen LogP contribution in [0.25, 0.3) is 0 Å². The highest BCUT2D eigenvalue weighted by atomic mass is 16.5. The van der Waals surface area contributed by atoms with E-state index >= 15 is 0 Å². The van der Waals surface area contributed by atoms with Crippen molar-refractivity contribution in [2.75, 3.05) is 43.7 Å². The largest absolute Gasteiger partial charge is 0.469 e. The molecule has 0 bridgehead atoms. The van der Waals surface area contributed by atoms with Crippen molar-refractivity contribution in [2.24, 2.45) is 0 Å². The number of aromatic nitrogens is 2. The van der Waals surface area contributed by atoms with Crippen LogP contribution < -0.4 is 15.9 Å². The summed E-state index contributed by atoms with van der Waals surface area (Å²) in [6, 6.07) is 5.67. The van der Waals surface area contributed by atoms with Crippen LogP contribution in [-0.4, -0.2) is 49.0 Å². The highest BCUT2D eigenvalue weighted by Crippen LogP contribution is 2.18. The van der Waals surface area contributed by atoms with Gasteiger partial charge in [-0.05, 0) is 24.6 Å². The van der Waals surface area contributed by atoms with Crippen LogP contribution in [0, 0.1) is 6.92 Å². The number of morpholine rings is 1. The Morgan fingerprint density at radius 3 is 2.85 bits per heavy atom. The number of anilines is 1. The SMILES string of the molecule is COC(=O)Cc1c(C)ccn(NCc2cccnc2N2CCOCC2)c1=O. The number of esters is 1. The van der Waals surface area contributed by atoms with Crippen molar-refractivity contribution >= 4 is 11.8 Å². The second-order valence-corrected chi connectivity index (χ2v) is 6.33. The molecule has 8 nitrogen and oxygen atoms in total. The van der Waals surface area contributed by atoms with Crippen molar-refractivity contribution in [3.8, 4) is 0 Å². The molecule has 0 amide bonds. The molecule has 27 heavy (non-hydrogen) atoms. The van der Waals surface area contributed by atoms with Gasteiger partial charge < -0.3 is 19.8 Å². The molecule has 144 valence electrons. The number of methoxy groups -OCH3 is 1. The van der Waals surface area contributed by atoms with Crippen LogP contribution in [0.4, 0.5) is 5.82 Å². The normalized spacial score (nSPS) is 14.1. The summed E-state index contributed by atoms with van der Waals surface area (Å²) in [5.41, 5.74) is 5.05. The first-order valence-electron chi connectivity index (χ1n) is 8.88. The molecule has 0 saturated carbocycles. The molecule has 8 heteroatoms. The van der Waals surface area contributed by atoms with Gasteiger partial charge in [-0.2, -0.15) is 0 Å². The number of nitrogens with one attached hydrogen (secondary N) is 1. The van der Waals surface area contributed by atoms with E-state index in [2.05, 4.69) is 20.0 Å². The van der Waals surface area contributed by atoms with Crippen molar-refractivity contribution in [1.29, 1.82) is 0 Å². The Hall–Kier alpha value is -2.87. The standard InChI is InChI=1S/C19H24N4O4/c1-14-5-7-23(19(25)16(14)12-17(24)26-2)21-13-15-4-3-6-20-18(15)22-8-10-27-11-9-22/h3-7,21H,8-13H2,1-2H3. The van der Waals surface area contributed by atoms with E-state index in [4.69, 9.17) is 4.74 Å². The van der Waals surface area contributed by atoms with Crippen LogP contribution >= 0.6 is 0 Å². The van der Waals surface area contributed by atoms with Crippen LogP contribution in [0.2, 0.25) is 0 Å². The number of rotatable bonds is 6. The van der Waals surface area contributed by atoms with Gasteiger partial charge in [0.25, 0.3) is 5.56 Å². The average Bonchev–Trinajstić information content (AvgIpc) is 2.71. The minimum Gasteiger partial charge on any atom is -0.469 e. The number of aryl methyl sites for hydroxylation is 1. The van der Waals surface area contributed by atoms with E-state index in [0.717, 1.165) is 30.0 Å². The molecule has 1 aliphatic rings. The molecule has 0 aromatic carbocycles. The zero-order valence-corrected chi connectivity index (χ0v) is 15.6. The summed E-state index contributed by atoms with van der Waals surface area (Å²) < 4.78 is 11.5. The predicted molar refractivity (Wildman–Crippen MR) is 101 cm³/mol. The molecule has 1 aliphatic heterocycles. The van der Waals surface area contributed by atoms with Gasteiger partial charge in [-0.1, -0.05) is 6.07 Å². The highest BCUT2D eigenvalue weighted by Gasteiger charge is 2.16. The molecule has 1 fully saturated rings. The van der Waals surface area contributed by atoms with E-state index in [1.54, 1.807) is 18.5 Å². The summed E-state index contributed by atoms with van der Waals surface area (Å²) in [6.45, 7) is 5.17. The van der Waals surface area contributed by atoms with Crippen LogP contribution in [-0.2, 0) is 27.2 Å². The smallest absolute Gasteiger partial charge is 0.310 e. The third-order valence-corrected chi connectivity index (χ3v) is 4.59. The third-order valence-electron chi connectivity index (χ3n) is 4.59. The maximum Gasteiger partial charge on any atom is 0.310 e. The fourth-order valence-corrected chi connectivity index (χ4v) is 3.02. The van der Waals surface area contributed by atoms with Crippen molar-refractivity contribution in [1.82, 2.24) is 9.66 Å². The van der Waals surface area contributed by atoms with Gasteiger partial charge in [0.05, 0.1) is 33.3 Å². The molecular weight excluding hydrogens is 348 g/mol. The van der Waals surface area contributed by atoms with Crippen LogP contribution in [0.3, 0.4) is 0 Å². The summed E-state index contributed by atoms with van der Waals surface area (Å²) in [5, 5.41) is 0. The summed E-state index contributed by atoms with van der Waals surface area (Å²) in [7, 11) is 1.31. The third kappa shape index (κ3) is 4.46. The minimum absolute atomic E-state index is 0.0460. The number of carbonyl (C=O) groups excluding carboxylic acids is 1. The quantitative estimate of drug-likeness (QED) is 0.752. The molecule has 2 aromatic rings. The molecule has 0 spiro atoms. The lowest BCUT2D eigenvalue weighted by atomic mass is 10.1. The number of pyridine rings is 2. The maximum atomic E-state index is 12.7. The summed E-state index contributed by atoms with van der Waals surface area (Å²) in [5.74, 6) is 0.457. The van der Waals surface area contributed by atoms with Gasteiger partial charge in [0.15, 0.2) is 0 Å². The topological polar surface area (TPSA) is 85.7 Å². The Kier molecular flexibility index (Phi) is 6.08. The first kappa shape index (κ1) is 18.9. The first-order chi connectivity index (χ1) is 13.1. The van der Waals surface area contributed by atoms with Crippen LogP contribution in [0.15, 0.2) is 35.4 Å². The van der Waals surface area contributed by atoms with Crippen molar-refractivity contribution in [2.45, 2.75) is 19.9 Å². The van der Waals surface area contributed by atoms with E-state index in [0.29, 0.717) is 25.3 Å². The van der Waals surface area contributed by atoms with Gasteiger partial charge in [-0.25, -0.2) is 9.66 Å². The Balaban J connectivity index is 1.79. The molecule has 3 rings (SSSR count). The molecule has 1 N–H and O–H groups in total. The van der Waals surface area contributed by atoms with E-state index in [1.807, 2.05) is 19.1 Å². The van der Waals surface area contributed by atoms with Crippen molar-refractivity contribution < 1.29 is 14.3 Å². The Morgan fingerprint density at radius 1 is 1.33 bits per heavy atom. The average molecular weight is 372 g/mol. The lowest BCUT2D eigenvalue weighted by Crippen LogP contribution is -2.38. The van der Waals surface area contributed by atoms with Gasteiger partial charge in [-0.3, -0.25) is 9.59 Å². The fourth-order valence-electron chi connectivity index (χ4n) is 3.02. The molecule has 0 atom stereocenters. The second-order valence-electron chi connectivity index (χ2n) is 6.33. The number of hydrogen-bond donors (Lipinski definition) is 1. The van der Waals surface area contributed by atoms with Gasteiger partial charge in [0, 0.05) is 36.6 Å². The van der Waals surface area contributed by atoms with Crippen molar-refractivity contribution in [3.05, 3.63) is 57.6 Å². The molecule has 2 aromatic heterocycles. The van der Waals surface area contributed by atoms with Crippen molar-refractivity contribution in [3.63, 3.8) is 0 Å². The molecule has 0 radical (unpaired) electrons. The highest BCUT2D eigenvalue weighted by molar-refractivity contribution is 5.72. The summed E-state index contributed by atoms with van der Waals surface area (Å²) in [6.07, 6.45) is 3.39. The zero-order valence-electron chi connectivity index (χ0n) is 15.6. The van der Waals surface area contributed by atoms with E-state index in [1.165, 1.54) is 11.8 Å². The van der Waals surface area contributed by atoms with Gasteiger partial charge >= 0.3 is 5.97 Å². The lowest BCUT2D eigenvalue weighted by Gasteiger charge is -2.29. The van der Waals surface area contributed by atoms with E-state index < -0.39 is 5.97 Å². The molecule has 3 heterocycles. The molecular formula is C19H24N4O4. The van der Waals surface area contributed by atoms with Gasteiger partial charge in [0.1, 0.15) is 5.82 Å². The number of ether oxygens (including phenoxy) is 2. The fraction of sp³-hybridized carbons (Fsp3) is 0.421. The number of carbonyl (C=O) groups is 1. The minimum atomic E-state index is -0.435. The number of hydrogen-bond acceptors (Lipinski definition) is 7. The molecule has 1 saturated heterocycles. The lowest BCUT2D eigenvalue weighted by molar-refractivity contribution is -0.139. The van der Waals surface area contributed by atoms with E-state index in [9.17, 15) is 9.59 Å². The molecule has 0 unspecified atom stereocenters. The molecule has 0 aliphatic carbocycles. The van der Waals surface area contributed by atoms with Gasteiger partial charge in [-0.15, -0.1) is 0 Å². The summed E-state index contributed by atoms with van der Waals surface area (Å²) >= 11 is 0.